The summed E-state index contributed by atoms with van der Waals surface area (Å²) >= 11 is 1.43. The molecule has 0 N–H and O–H groups in total. The minimum atomic E-state index is -0.0468. The Balaban J connectivity index is 1.73. The Labute approximate surface area is 200 Å². The van der Waals surface area contributed by atoms with Crippen molar-refractivity contribution in [3.63, 3.8) is 0 Å². The lowest BCUT2D eigenvalue weighted by Gasteiger charge is -2.20. The van der Waals surface area contributed by atoms with Crippen LogP contribution >= 0.6 is 11.8 Å². The van der Waals surface area contributed by atoms with Gasteiger partial charge in [0.25, 0.3) is 5.91 Å². The van der Waals surface area contributed by atoms with E-state index in [1.165, 1.54) is 17.4 Å². The number of benzene rings is 3. The van der Waals surface area contributed by atoms with Gasteiger partial charge in [-0.2, -0.15) is 0 Å². The number of amidine groups is 1. The molecule has 1 saturated heterocycles. The van der Waals surface area contributed by atoms with Crippen LogP contribution < -0.4 is 9.80 Å². The van der Waals surface area contributed by atoms with Gasteiger partial charge in [-0.3, -0.25) is 9.69 Å². The Hall–Kier alpha value is -3.31. The number of carbonyl (C=O) groups is 1. The van der Waals surface area contributed by atoms with Gasteiger partial charge < -0.3 is 4.90 Å². The van der Waals surface area contributed by atoms with Gasteiger partial charge in [0.1, 0.15) is 0 Å². The van der Waals surface area contributed by atoms with Crippen molar-refractivity contribution in [1.29, 1.82) is 0 Å². The first-order valence-corrected chi connectivity index (χ1v) is 12.1. The SMILES string of the molecule is CCN(CC)c1ccc(/C=C2/SC(=Nc3ccccc3C)N(c3ccccc3C)C2=O)cc1. The summed E-state index contributed by atoms with van der Waals surface area (Å²) in [6.07, 6.45) is 1.96. The zero-order valence-electron chi connectivity index (χ0n) is 19.6. The second-order valence-electron chi connectivity index (χ2n) is 7.98. The average molecular weight is 456 g/mol. The summed E-state index contributed by atoms with van der Waals surface area (Å²) in [7, 11) is 0. The van der Waals surface area contributed by atoms with Crippen molar-refractivity contribution >= 4 is 46.0 Å². The van der Waals surface area contributed by atoms with Crippen LogP contribution in [0.2, 0.25) is 0 Å². The second kappa shape index (κ2) is 10.1. The molecule has 1 aliphatic rings. The summed E-state index contributed by atoms with van der Waals surface area (Å²) in [5.74, 6) is -0.0468. The Bertz CT molecular complexity index is 1210. The molecule has 0 unspecified atom stereocenters. The quantitative estimate of drug-likeness (QED) is 0.377. The van der Waals surface area contributed by atoms with Crippen LogP contribution in [-0.2, 0) is 4.79 Å². The van der Waals surface area contributed by atoms with E-state index in [1.807, 2.05) is 68.5 Å². The zero-order valence-corrected chi connectivity index (χ0v) is 20.4. The van der Waals surface area contributed by atoms with Gasteiger partial charge in [0, 0.05) is 18.8 Å². The summed E-state index contributed by atoms with van der Waals surface area (Å²) in [4.78, 5) is 23.2. The molecule has 0 spiro atoms. The number of rotatable bonds is 6. The minimum Gasteiger partial charge on any atom is -0.372 e. The number of para-hydroxylation sites is 2. The first-order valence-electron chi connectivity index (χ1n) is 11.3. The maximum atomic E-state index is 13.6. The number of carbonyl (C=O) groups excluding carboxylic acids is 1. The van der Waals surface area contributed by atoms with Gasteiger partial charge in [0.05, 0.1) is 16.3 Å². The largest absolute Gasteiger partial charge is 0.372 e. The number of aliphatic imine (C=N–C) groups is 1. The summed E-state index contributed by atoms with van der Waals surface area (Å²) in [6.45, 7) is 10.3. The van der Waals surface area contributed by atoms with E-state index in [9.17, 15) is 4.79 Å². The second-order valence-corrected chi connectivity index (χ2v) is 8.99. The highest BCUT2D eigenvalue weighted by Crippen LogP contribution is 2.38. The van der Waals surface area contributed by atoms with Crippen LogP contribution in [-0.4, -0.2) is 24.2 Å². The van der Waals surface area contributed by atoms with E-state index in [0.29, 0.717) is 10.1 Å². The molecule has 1 amide bonds. The Kier molecular flexibility index (Phi) is 6.99. The fraction of sp³-hybridized carbons (Fsp3) is 0.214. The molecule has 33 heavy (non-hydrogen) atoms. The summed E-state index contributed by atoms with van der Waals surface area (Å²) in [6, 6.07) is 24.3. The van der Waals surface area contributed by atoms with Gasteiger partial charge in [-0.25, -0.2) is 4.99 Å². The molecule has 0 aromatic heterocycles. The van der Waals surface area contributed by atoms with Gasteiger partial charge in [-0.05, 0) is 86.5 Å². The number of nitrogens with zero attached hydrogens (tertiary/aromatic N) is 3. The molecule has 1 heterocycles. The molecule has 168 valence electrons. The molecule has 0 bridgehead atoms. The molecule has 1 aliphatic heterocycles. The molecule has 1 fully saturated rings. The third-order valence-electron chi connectivity index (χ3n) is 5.81. The van der Waals surface area contributed by atoms with Gasteiger partial charge in [-0.15, -0.1) is 0 Å². The standard InChI is InChI=1S/C28H29N3OS/c1-5-30(6-2)23-17-15-22(16-18-23)19-26-27(32)31(25-14-10-8-12-21(25)4)28(33-26)29-24-13-9-7-11-20(24)3/h7-19H,5-6H2,1-4H3/b26-19+,29-28?. The first-order chi connectivity index (χ1) is 16.0. The number of hydrogen-bond acceptors (Lipinski definition) is 4. The summed E-state index contributed by atoms with van der Waals surface area (Å²) in [5.41, 5.74) is 6.04. The molecular weight excluding hydrogens is 426 g/mol. The number of hydrogen-bond donors (Lipinski definition) is 0. The molecule has 5 heteroatoms. The summed E-state index contributed by atoms with van der Waals surface area (Å²) in [5, 5.41) is 0.676. The highest BCUT2D eigenvalue weighted by atomic mass is 32.2. The van der Waals surface area contributed by atoms with Crippen LogP contribution in [0.1, 0.15) is 30.5 Å². The summed E-state index contributed by atoms with van der Waals surface area (Å²) < 4.78 is 0. The Morgan fingerprint density at radius 2 is 1.52 bits per heavy atom. The van der Waals surface area contributed by atoms with Crippen LogP contribution in [0.4, 0.5) is 17.1 Å². The van der Waals surface area contributed by atoms with E-state index in [-0.39, 0.29) is 5.91 Å². The van der Waals surface area contributed by atoms with Crippen molar-refractivity contribution in [3.8, 4) is 0 Å². The zero-order chi connectivity index (χ0) is 23.4. The van der Waals surface area contributed by atoms with Crippen molar-refractivity contribution in [2.24, 2.45) is 4.99 Å². The van der Waals surface area contributed by atoms with Crippen molar-refractivity contribution in [3.05, 3.63) is 94.4 Å². The minimum absolute atomic E-state index is 0.0468. The van der Waals surface area contributed by atoms with Gasteiger partial charge >= 0.3 is 0 Å². The Morgan fingerprint density at radius 1 is 0.879 bits per heavy atom. The van der Waals surface area contributed by atoms with Gasteiger partial charge in [-0.1, -0.05) is 48.5 Å². The van der Waals surface area contributed by atoms with Crippen molar-refractivity contribution in [1.82, 2.24) is 0 Å². The molecule has 3 aromatic carbocycles. The fourth-order valence-electron chi connectivity index (χ4n) is 3.89. The van der Waals surface area contributed by atoms with Crippen molar-refractivity contribution in [2.45, 2.75) is 27.7 Å². The van der Waals surface area contributed by atoms with E-state index in [4.69, 9.17) is 4.99 Å². The van der Waals surface area contributed by atoms with E-state index in [0.717, 1.165) is 41.2 Å². The maximum absolute atomic E-state index is 13.6. The van der Waals surface area contributed by atoms with Crippen LogP contribution in [0, 0.1) is 13.8 Å². The predicted molar refractivity (Wildman–Crippen MR) is 143 cm³/mol. The molecule has 0 atom stereocenters. The van der Waals surface area contributed by atoms with E-state index < -0.39 is 0 Å². The average Bonchev–Trinajstić information content (AvgIpc) is 3.12. The predicted octanol–water partition coefficient (Wildman–Crippen LogP) is 6.96. The van der Waals surface area contributed by atoms with Crippen LogP contribution in [0.15, 0.2) is 82.7 Å². The number of aryl methyl sites for hydroxylation is 2. The van der Waals surface area contributed by atoms with Crippen LogP contribution in [0.3, 0.4) is 0 Å². The van der Waals surface area contributed by atoms with Crippen molar-refractivity contribution < 1.29 is 4.79 Å². The van der Waals surface area contributed by atoms with Crippen LogP contribution in [0.5, 0.6) is 0 Å². The van der Waals surface area contributed by atoms with E-state index in [2.05, 4.69) is 43.0 Å². The lowest BCUT2D eigenvalue weighted by atomic mass is 10.1. The number of amides is 1. The highest BCUT2D eigenvalue weighted by molar-refractivity contribution is 8.19. The molecular formula is C28H29N3OS. The highest BCUT2D eigenvalue weighted by Gasteiger charge is 2.35. The first kappa shape index (κ1) is 22.9. The fourth-order valence-corrected chi connectivity index (χ4v) is 4.88. The molecule has 3 aromatic rings. The lowest BCUT2D eigenvalue weighted by Crippen LogP contribution is -2.29. The van der Waals surface area contributed by atoms with E-state index in [1.54, 1.807) is 4.90 Å². The molecule has 4 nitrogen and oxygen atoms in total. The van der Waals surface area contributed by atoms with Crippen LogP contribution in [0.25, 0.3) is 6.08 Å². The topological polar surface area (TPSA) is 35.9 Å². The smallest absolute Gasteiger partial charge is 0.271 e. The van der Waals surface area contributed by atoms with Crippen molar-refractivity contribution in [2.75, 3.05) is 22.9 Å². The number of anilines is 2. The van der Waals surface area contributed by atoms with Gasteiger partial charge in [0.2, 0.25) is 0 Å². The maximum Gasteiger partial charge on any atom is 0.271 e. The normalized spacial score (nSPS) is 16.1. The number of thioether (sulfide) groups is 1. The lowest BCUT2D eigenvalue weighted by molar-refractivity contribution is -0.113. The third-order valence-corrected chi connectivity index (χ3v) is 6.78. The molecule has 0 radical (unpaired) electrons. The van der Waals surface area contributed by atoms with Gasteiger partial charge in [0.15, 0.2) is 5.17 Å². The molecule has 0 saturated carbocycles. The Morgan fingerprint density at radius 3 is 2.15 bits per heavy atom. The third kappa shape index (κ3) is 4.88. The molecule has 0 aliphatic carbocycles. The van der Waals surface area contributed by atoms with E-state index >= 15 is 0 Å². The monoisotopic (exact) mass is 455 g/mol. The molecule has 4 rings (SSSR count).